The Morgan fingerprint density at radius 3 is 2.74 bits per heavy atom. The first-order valence-corrected chi connectivity index (χ1v) is 7.98. The number of nitrogen functional groups attached to an aromatic ring is 1. The first kappa shape index (κ1) is 13.8. The highest BCUT2D eigenvalue weighted by Crippen LogP contribution is 2.19. The fraction of sp³-hybridized carbons (Fsp3) is 0.500. The van der Waals surface area contributed by atoms with Gasteiger partial charge in [-0.3, -0.25) is 4.79 Å². The second-order valence-corrected chi connectivity index (χ2v) is 6.85. The van der Waals surface area contributed by atoms with Gasteiger partial charge in [-0.1, -0.05) is 0 Å². The van der Waals surface area contributed by atoms with Crippen LogP contribution in [0.4, 0.5) is 5.82 Å². The molecule has 1 unspecified atom stereocenters. The maximum atomic E-state index is 12.3. The molecule has 2 rings (SSSR count). The van der Waals surface area contributed by atoms with Crippen molar-refractivity contribution < 1.29 is 13.2 Å². The third-order valence-corrected chi connectivity index (χ3v) is 5.03. The van der Waals surface area contributed by atoms with Crippen molar-refractivity contribution in [3.63, 3.8) is 0 Å². The smallest absolute Gasteiger partial charge is 0.255 e. The van der Waals surface area contributed by atoms with Crippen LogP contribution in [-0.4, -0.2) is 48.3 Å². The predicted molar refractivity (Wildman–Crippen MR) is 72.4 cm³/mol. The van der Waals surface area contributed by atoms with E-state index in [-0.39, 0.29) is 23.5 Å². The Morgan fingerprint density at radius 1 is 1.53 bits per heavy atom. The number of hydrogen-bond donors (Lipinski definition) is 1. The fourth-order valence-corrected chi connectivity index (χ4v) is 4.02. The maximum absolute atomic E-state index is 12.3. The maximum Gasteiger partial charge on any atom is 0.255 e. The summed E-state index contributed by atoms with van der Waals surface area (Å²) in [5, 5.41) is 0. The average molecular weight is 283 g/mol. The minimum atomic E-state index is -3.00. The van der Waals surface area contributed by atoms with E-state index in [0.29, 0.717) is 24.3 Å². The molecule has 1 fully saturated rings. The normalized spacial score (nSPS) is 21.2. The van der Waals surface area contributed by atoms with Gasteiger partial charge in [0.25, 0.3) is 5.91 Å². The van der Waals surface area contributed by atoms with Crippen LogP contribution < -0.4 is 5.73 Å². The molecule has 0 bridgehead atoms. The van der Waals surface area contributed by atoms with Crippen molar-refractivity contribution in [3.8, 4) is 0 Å². The lowest BCUT2D eigenvalue weighted by atomic mass is 10.1. The number of nitrogens with two attached hydrogens (primary N) is 1. The number of amides is 1. The Morgan fingerprint density at radius 2 is 2.26 bits per heavy atom. The summed E-state index contributed by atoms with van der Waals surface area (Å²) in [6, 6.07) is 2.93. The van der Waals surface area contributed by atoms with Crippen molar-refractivity contribution in [2.75, 3.05) is 23.8 Å². The summed E-state index contributed by atoms with van der Waals surface area (Å²) in [6.45, 7) is 2.32. The first-order chi connectivity index (χ1) is 8.93. The highest BCUT2D eigenvalue weighted by Gasteiger charge is 2.34. The van der Waals surface area contributed by atoms with Crippen molar-refractivity contribution in [2.24, 2.45) is 0 Å². The largest absolute Gasteiger partial charge is 0.384 e. The molecule has 0 radical (unpaired) electrons. The number of rotatable bonds is 3. The van der Waals surface area contributed by atoms with E-state index in [9.17, 15) is 13.2 Å². The lowest BCUT2D eigenvalue weighted by Crippen LogP contribution is -2.41. The monoisotopic (exact) mass is 283 g/mol. The highest BCUT2D eigenvalue weighted by atomic mass is 32.2. The van der Waals surface area contributed by atoms with E-state index in [1.165, 1.54) is 6.20 Å². The van der Waals surface area contributed by atoms with Gasteiger partial charge in [-0.2, -0.15) is 0 Å². The zero-order chi connectivity index (χ0) is 14.0. The molecule has 1 atom stereocenters. The standard InChI is InChI=1S/C12H17N3O3S/c1-2-15(10-5-6-19(17,18)8-10)12(16)9-3-4-11(13)14-7-9/h3-4,7,10H,2,5-6,8H2,1H3,(H2,13,14). The van der Waals surface area contributed by atoms with E-state index in [1.54, 1.807) is 17.0 Å². The molecule has 0 saturated carbocycles. The molecule has 19 heavy (non-hydrogen) atoms. The van der Waals surface area contributed by atoms with Crippen LogP contribution in [0, 0.1) is 0 Å². The van der Waals surface area contributed by atoms with Gasteiger partial charge < -0.3 is 10.6 Å². The Hall–Kier alpha value is -1.63. The van der Waals surface area contributed by atoms with Crippen molar-refractivity contribution in [2.45, 2.75) is 19.4 Å². The van der Waals surface area contributed by atoms with Gasteiger partial charge in [-0.05, 0) is 25.5 Å². The zero-order valence-electron chi connectivity index (χ0n) is 10.7. The Bertz CT molecular complexity index is 568. The van der Waals surface area contributed by atoms with Crippen molar-refractivity contribution in [3.05, 3.63) is 23.9 Å². The molecular weight excluding hydrogens is 266 g/mol. The summed E-state index contributed by atoms with van der Waals surface area (Å²) in [6.07, 6.45) is 1.92. The van der Waals surface area contributed by atoms with Crippen molar-refractivity contribution >= 4 is 21.6 Å². The van der Waals surface area contributed by atoms with E-state index in [2.05, 4.69) is 4.98 Å². The van der Waals surface area contributed by atoms with Gasteiger partial charge in [0.1, 0.15) is 5.82 Å². The van der Waals surface area contributed by atoms with Gasteiger partial charge in [0.05, 0.1) is 17.1 Å². The molecule has 1 aromatic heterocycles. The fourth-order valence-electron chi connectivity index (χ4n) is 2.29. The summed E-state index contributed by atoms with van der Waals surface area (Å²) in [5.41, 5.74) is 5.91. The summed E-state index contributed by atoms with van der Waals surface area (Å²) >= 11 is 0. The van der Waals surface area contributed by atoms with E-state index in [0.717, 1.165) is 0 Å². The molecule has 1 amide bonds. The summed E-state index contributed by atoms with van der Waals surface area (Å²) in [7, 11) is -3.00. The zero-order valence-corrected chi connectivity index (χ0v) is 11.6. The number of carbonyl (C=O) groups excluding carboxylic acids is 1. The first-order valence-electron chi connectivity index (χ1n) is 6.16. The highest BCUT2D eigenvalue weighted by molar-refractivity contribution is 7.91. The summed E-state index contributed by atoms with van der Waals surface area (Å²) < 4.78 is 23.0. The van der Waals surface area contributed by atoms with Crippen LogP contribution in [-0.2, 0) is 9.84 Å². The number of nitrogens with zero attached hydrogens (tertiary/aromatic N) is 2. The molecule has 0 aromatic carbocycles. The van der Waals surface area contributed by atoms with Gasteiger partial charge in [0, 0.05) is 18.8 Å². The second kappa shape index (κ2) is 5.16. The average Bonchev–Trinajstić information content (AvgIpc) is 2.71. The lowest BCUT2D eigenvalue weighted by molar-refractivity contribution is 0.0708. The number of carbonyl (C=O) groups is 1. The SMILES string of the molecule is CCN(C(=O)c1ccc(N)nc1)C1CCS(=O)(=O)C1. The van der Waals surface area contributed by atoms with Crippen LogP contribution >= 0.6 is 0 Å². The number of hydrogen-bond acceptors (Lipinski definition) is 5. The Balaban J connectivity index is 2.18. The number of aromatic nitrogens is 1. The van der Waals surface area contributed by atoms with Crippen molar-refractivity contribution in [1.82, 2.24) is 9.88 Å². The quantitative estimate of drug-likeness (QED) is 0.862. The second-order valence-electron chi connectivity index (χ2n) is 4.62. The van der Waals surface area contributed by atoms with Crippen molar-refractivity contribution in [1.29, 1.82) is 0 Å². The van der Waals surface area contributed by atoms with Gasteiger partial charge >= 0.3 is 0 Å². The Kier molecular flexibility index (Phi) is 3.75. The van der Waals surface area contributed by atoms with E-state index in [4.69, 9.17) is 5.73 Å². The predicted octanol–water partition coefficient (Wildman–Crippen LogP) is 0.313. The van der Waals surface area contributed by atoms with Crippen LogP contribution in [0.3, 0.4) is 0 Å². The third-order valence-electron chi connectivity index (χ3n) is 3.28. The molecule has 104 valence electrons. The van der Waals surface area contributed by atoms with E-state index in [1.807, 2.05) is 6.92 Å². The topological polar surface area (TPSA) is 93.4 Å². The molecule has 1 aliphatic rings. The molecule has 1 saturated heterocycles. The molecule has 1 aliphatic heterocycles. The molecular formula is C12H17N3O3S. The molecule has 2 N–H and O–H groups in total. The van der Waals surface area contributed by atoms with Crippen LogP contribution in [0.25, 0.3) is 0 Å². The van der Waals surface area contributed by atoms with E-state index < -0.39 is 9.84 Å². The molecule has 7 heteroatoms. The minimum absolute atomic E-state index is 0.0506. The van der Waals surface area contributed by atoms with Gasteiger partial charge in [-0.25, -0.2) is 13.4 Å². The molecule has 2 heterocycles. The molecule has 0 aliphatic carbocycles. The summed E-state index contributed by atoms with van der Waals surface area (Å²) in [4.78, 5) is 17.8. The molecule has 0 spiro atoms. The number of pyridine rings is 1. The van der Waals surface area contributed by atoms with Crippen LogP contribution in [0.15, 0.2) is 18.3 Å². The van der Waals surface area contributed by atoms with Gasteiger partial charge in [0.2, 0.25) is 0 Å². The van der Waals surface area contributed by atoms with Crippen LogP contribution in [0.1, 0.15) is 23.7 Å². The summed E-state index contributed by atoms with van der Waals surface area (Å²) in [5.74, 6) is 0.358. The third kappa shape index (κ3) is 3.04. The lowest BCUT2D eigenvalue weighted by Gasteiger charge is -2.26. The minimum Gasteiger partial charge on any atom is -0.384 e. The number of sulfone groups is 1. The van der Waals surface area contributed by atoms with Gasteiger partial charge in [0.15, 0.2) is 9.84 Å². The van der Waals surface area contributed by atoms with Crippen LogP contribution in [0.5, 0.6) is 0 Å². The van der Waals surface area contributed by atoms with E-state index >= 15 is 0 Å². The van der Waals surface area contributed by atoms with Gasteiger partial charge in [-0.15, -0.1) is 0 Å². The van der Waals surface area contributed by atoms with Crippen LogP contribution in [0.2, 0.25) is 0 Å². The Labute approximate surface area is 112 Å². The molecule has 1 aromatic rings. The molecule has 6 nitrogen and oxygen atoms in total. The number of anilines is 1.